The zero-order valence-corrected chi connectivity index (χ0v) is 11.6. The molecule has 0 heterocycles. The zero-order valence-electron chi connectivity index (χ0n) is 10.7. The first kappa shape index (κ1) is 16.7. The first-order valence-electron chi connectivity index (χ1n) is 6.49. The quantitative estimate of drug-likeness (QED) is 0.785. The van der Waals surface area contributed by atoms with Gasteiger partial charge in [-0.05, 0) is 25.2 Å². The Hall–Kier alpha value is -0.340. The smallest absolute Gasteiger partial charge is 0.327 e. The molecule has 0 spiro atoms. The zero-order chi connectivity index (χ0) is 14.5. The Morgan fingerprint density at radius 1 is 1.21 bits per heavy atom. The fourth-order valence-corrected chi connectivity index (χ4v) is 3.40. The molecule has 19 heavy (non-hydrogen) atoms. The van der Waals surface area contributed by atoms with Crippen LogP contribution in [0.1, 0.15) is 38.5 Å². The Bertz CT molecular complexity index is 371. The fourth-order valence-electron chi connectivity index (χ4n) is 2.26. The number of halogens is 3. The first-order valence-corrected chi connectivity index (χ1v) is 8.14. The maximum atomic E-state index is 11.9. The predicted molar refractivity (Wildman–Crippen MR) is 67.0 cm³/mol. The van der Waals surface area contributed by atoms with Gasteiger partial charge in [0.05, 0.1) is 5.75 Å². The fraction of sp³-hybridized carbons (Fsp3) is 1.00. The molecule has 1 aliphatic rings. The first-order chi connectivity index (χ1) is 8.70. The van der Waals surface area contributed by atoms with E-state index in [9.17, 15) is 21.6 Å². The van der Waals surface area contributed by atoms with Crippen molar-refractivity contribution in [2.24, 2.45) is 11.7 Å². The number of alkyl halides is 3. The molecule has 2 atom stereocenters. The van der Waals surface area contributed by atoms with Crippen molar-refractivity contribution in [3.8, 4) is 0 Å². The number of hydrogen-bond donors (Lipinski definition) is 2. The third kappa shape index (κ3) is 7.12. The molecule has 0 amide bonds. The van der Waals surface area contributed by atoms with Gasteiger partial charge < -0.3 is 5.73 Å². The number of hydrogen-bond acceptors (Lipinski definition) is 3. The van der Waals surface area contributed by atoms with E-state index in [0.717, 1.165) is 25.7 Å². The van der Waals surface area contributed by atoms with Crippen molar-refractivity contribution in [1.82, 2.24) is 4.72 Å². The molecule has 0 bridgehead atoms. The van der Waals surface area contributed by atoms with Gasteiger partial charge in [0, 0.05) is 19.0 Å². The van der Waals surface area contributed by atoms with Crippen LogP contribution in [0.25, 0.3) is 0 Å². The summed E-state index contributed by atoms with van der Waals surface area (Å²) >= 11 is 0. The summed E-state index contributed by atoms with van der Waals surface area (Å²) in [5.41, 5.74) is 5.88. The molecule has 1 aliphatic carbocycles. The molecular weight excluding hydrogens is 281 g/mol. The number of nitrogens with two attached hydrogens (primary N) is 1. The van der Waals surface area contributed by atoms with Gasteiger partial charge in [-0.2, -0.15) is 13.2 Å². The minimum atomic E-state index is -4.30. The number of nitrogens with one attached hydrogen (secondary N) is 1. The molecule has 0 aromatic carbocycles. The van der Waals surface area contributed by atoms with Gasteiger partial charge in [-0.25, -0.2) is 13.1 Å². The summed E-state index contributed by atoms with van der Waals surface area (Å²) in [5.74, 6) is -0.403. The highest BCUT2D eigenvalue weighted by Crippen LogP contribution is 2.23. The Kier molecular flexibility index (Phi) is 6.07. The van der Waals surface area contributed by atoms with E-state index in [1.165, 1.54) is 0 Å². The molecule has 1 rings (SSSR count). The van der Waals surface area contributed by atoms with Gasteiger partial charge >= 0.3 is 6.18 Å². The average Bonchev–Trinajstić information content (AvgIpc) is 2.26. The summed E-state index contributed by atoms with van der Waals surface area (Å²) in [5, 5.41) is 0. The van der Waals surface area contributed by atoms with Crippen molar-refractivity contribution in [3.05, 3.63) is 0 Å². The monoisotopic (exact) mass is 302 g/mol. The van der Waals surface area contributed by atoms with Crippen LogP contribution in [0.5, 0.6) is 0 Å². The minimum Gasteiger partial charge on any atom is -0.327 e. The molecule has 0 aromatic heterocycles. The van der Waals surface area contributed by atoms with Crippen LogP contribution in [0.15, 0.2) is 0 Å². The maximum Gasteiger partial charge on any atom is 0.389 e. The molecule has 0 radical (unpaired) electrons. The Labute approximate surface area is 112 Å². The van der Waals surface area contributed by atoms with E-state index in [-0.39, 0.29) is 18.5 Å². The molecule has 4 nitrogen and oxygen atoms in total. The number of sulfonamides is 1. The SMILES string of the molecule is NC1CCCCC1CNS(=O)(=O)CCCC(F)(F)F. The summed E-state index contributed by atoms with van der Waals surface area (Å²) in [4.78, 5) is 0. The summed E-state index contributed by atoms with van der Waals surface area (Å²) in [6, 6.07) is -0.0216. The van der Waals surface area contributed by atoms with E-state index in [0.29, 0.717) is 0 Å². The molecule has 1 fully saturated rings. The lowest BCUT2D eigenvalue weighted by Gasteiger charge is -2.28. The highest BCUT2D eigenvalue weighted by atomic mass is 32.2. The van der Waals surface area contributed by atoms with Crippen molar-refractivity contribution in [3.63, 3.8) is 0 Å². The molecule has 2 unspecified atom stereocenters. The molecule has 0 aliphatic heterocycles. The molecule has 0 aromatic rings. The normalized spacial score (nSPS) is 25.5. The highest BCUT2D eigenvalue weighted by molar-refractivity contribution is 7.89. The Morgan fingerprint density at radius 3 is 2.42 bits per heavy atom. The maximum absolute atomic E-state index is 11.9. The van der Waals surface area contributed by atoms with E-state index in [1.807, 2.05) is 0 Å². The van der Waals surface area contributed by atoms with Crippen molar-refractivity contribution in [2.75, 3.05) is 12.3 Å². The Balaban J connectivity index is 2.30. The average molecular weight is 302 g/mol. The van der Waals surface area contributed by atoms with Crippen LogP contribution in [-0.4, -0.2) is 32.9 Å². The highest BCUT2D eigenvalue weighted by Gasteiger charge is 2.28. The third-order valence-corrected chi connectivity index (χ3v) is 4.84. The summed E-state index contributed by atoms with van der Waals surface area (Å²) in [7, 11) is -3.63. The van der Waals surface area contributed by atoms with E-state index in [2.05, 4.69) is 4.72 Å². The van der Waals surface area contributed by atoms with E-state index in [4.69, 9.17) is 5.73 Å². The van der Waals surface area contributed by atoms with Crippen LogP contribution >= 0.6 is 0 Å². The van der Waals surface area contributed by atoms with Gasteiger partial charge in [-0.15, -0.1) is 0 Å². The molecule has 114 valence electrons. The summed E-state index contributed by atoms with van der Waals surface area (Å²) in [6.07, 6.45) is -1.97. The van der Waals surface area contributed by atoms with Crippen LogP contribution in [0, 0.1) is 5.92 Å². The summed E-state index contributed by atoms with van der Waals surface area (Å²) in [6.45, 7) is 0.232. The van der Waals surface area contributed by atoms with E-state index >= 15 is 0 Å². The van der Waals surface area contributed by atoms with E-state index < -0.39 is 34.8 Å². The molecule has 3 N–H and O–H groups in total. The standard InChI is InChI=1S/C11H21F3N2O2S/c12-11(13,14)6-3-7-19(17,18)16-8-9-4-1-2-5-10(9)15/h9-10,16H,1-8,15H2. The minimum absolute atomic E-state index is 0.0216. The van der Waals surface area contributed by atoms with Gasteiger partial charge in [0.15, 0.2) is 0 Å². The van der Waals surface area contributed by atoms with Crippen molar-refractivity contribution in [1.29, 1.82) is 0 Å². The third-order valence-electron chi connectivity index (χ3n) is 3.41. The molecular formula is C11H21F3N2O2S. The van der Waals surface area contributed by atoms with Gasteiger partial charge in [-0.1, -0.05) is 12.8 Å². The van der Waals surface area contributed by atoms with Gasteiger partial charge in [0.2, 0.25) is 10.0 Å². The van der Waals surface area contributed by atoms with Gasteiger partial charge in [-0.3, -0.25) is 0 Å². The lowest BCUT2D eigenvalue weighted by atomic mass is 9.85. The summed E-state index contributed by atoms with van der Waals surface area (Å²) < 4.78 is 61.2. The number of rotatable bonds is 6. The largest absolute Gasteiger partial charge is 0.389 e. The lowest BCUT2D eigenvalue weighted by Crippen LogP contribution is -2.41. The van der Waals surface area contributed by atoms with Crippen LogP contribution in [-0.2, 0) is 10.0 Å². The van der Waals surface area contributed by atoms with Crippen molar-refractivity contribution in [2.45, 2.75) is 50.7 Å². The predicted octanol–water partition coefficient (Wildman–Crippen LogP) is 1.77. The second kappa shape index (κ2) is 6.90. The molecule has 0 saturated heterocycles. The molecule has 8 heteroatoms. The van der Waals surface area contributed by atoms with Gasteiger partial charge in [0.1, 0.15) is 0 Å². The lowest BCUT2D eigenvalue weighted by molar-refractivity contribution is -0.134. The van der Waals surface area contributed by atoms with Crippen LogP contribution in [0.3, 0.4) is 0 Å². The Morgan fingerprint density at radius 2 is 1.84 bits per heavy atom. The second-order valence-electron chi connectivity index (χ2n) is 5.09. The van der Waals surface area contributed by atoms with Crippen LogP contribution < -0.4 is 10.5 Å². The van der Waals surface area contributed by atoms with Crippen LogP contribution in [0.2, 0.25) is 0 Å². The van der Waals surface area contributed by atoms with Crippen molar-refractivity contribution >= 4 is 10.0 Å². The van der Waals surface area contributed by atoms with Crippen LogP contribution in [0.4, 0.5) is 13.2 Å². The topological polar surface area (TPSA) is 72.2 Å². The second-order valence-corrected chi connectivity index (χ2v) is 7.02. The van der Waals surface area contributed by atoms with Gasteiger partial charge in [0.25, 0.3) is 0 Å². The molecule has 1 saturated carbocycles. The van der Waals surface area contributed by atoms with E-state index in [1.54, 1.807) is 0 Å². The van der Waals surface area contributed by atoms with Crippen molar-refractivity contribution < 1.29 is 21.6 Å².